The van der Waals surface area contributed by atoms with Gasteiger partial charge in [-0.25, -0.2) is 0 Å². The number of hydrogen-bond donors (Lipinski definition) is 2. The average molecular weight is 374 g/mol. The van der Waals surface area contributed by atoms with Crippen LogP contribution in [0.15, 0.2) is 24.3 Å². The van der Waals surface area contributed by atoms with E-state index in [-0.39, 0.29) is 36.2 Å². The number of rotatable bonds is 6. The summed E-state index contributed by atoms with van der Waals surface area (Å²) in [5.74, 6) is -0.224. The summed E-state index contributed by atoms with van der Waals surface area (Å²) in [5.41, 5.74) is 1.84. The molecule has 1 aromatic carbocycles. The Balaban J connectivity index is 1.82. The zero-order chi connectivity index (χ0) is 20.0. The van der Waals surface area contributed by atoms with Crippen LogP contribution in [0.25, 0.3) is 0 Å². The molecule has 7 nitrogen and oxygen atoms in total. The summed E-state index contributed by atoms with van der Waals surface area (Å²) in [6, 6.07) is 7.22. The Kier molecular flexibility index (Phi) is 7.36. The third kappa shape index (κ3) is 5.79. The highest BCUT2D eigenvalue weighted by molar-refractivity contribution is 5.95. The van der Waals surface area contributed by atoms with Gasteiger partial charge in [-0.2, -0.15) is 0 Å². The summed E-state index contributed by atoms with van der Waals surface area (Å²) >= 11 is 0. The Morgan fingerprint density at radius 1 is 1.19 bits per heavy atom. The van der Waals surface area contributed by atoms with Gasteiger partial charge >= 0.3 is 0 Å². The van der Waals surface area contributed by atoms with Crippen molar-refractivity contribution in [2.24, 2.45) is 5.92 Å². The molecule has 3 amide bonds. The van der Waals surface area contributed by atoms with Crippen LogP contribution in [0.2, 0.25) is 0 Å². The number of piperidine rings is 1. The lowest BCUT2D eigenvalue weighted by molar-refractivity contribution is -0.138. The van der Waals surface area contributed by atoms with Crippen LogP contribution in [0.4, 0.5) is 5.69 Å². The molecule has 27 heavy (non-hydrogen) atoms. The summed E-state index contributed by atoms with van der Waals surface area (Å²) in [6.45, 7) is 5.25. The molecule has 7 heteroatoms. The molecule has 1 heterocycles. The van der Waals surface area contributed by atoms with Crippen LogP contribution in [0, 0.1) is 12.8 Å². The molecule has 0 spiro atoms. The van der Waals surface area contributed by atoms with Crippen LogP contribution in [-0.4, -0.2) is 67.3 Å². The van der Waals surface area contributed by atoms with Crippen molar-refractivity contribution in [3.8, 4) is 0 Å². The zero-order valence-corrected chi connectivity index (χ0v) is 16.6. The molecule has 1 aliphatic heterocycles. The highest BCUT2D eigenvalue weighted by Gasteiger charge is 2.30. The first-order valence-corrected chi connectivity index (χ1v) is 9.39. The van der Waals surface area contributed by atoms with Crippen molar-refractivity contribution in [2.75, 3.05) is 39.0 Å². The van der Waals surface area contributed by atoms with Gasteiger partial charge in [-0.1, -0.05) is 17.7 Å². The van der Waals surface area contributed by atoms with Crippen LogP contribution in [-0.2, 0) is 14.4 Å². The molecule has 2 N–H and O–H groups in total. The maximum atomic E-state index is 12.7. The van der Waals surface area contributed by atoms with Gasteiger partial charge in [-0.3, -0.25) is 19.3 Å². The van der Waals surface area contributed by atoms with E-state index in [0.29, 0.717) is 13.1 Å². The molecular weight excluding hydrogens is 344 g/mol. The van der Waals surface area contributed by atoms with Crippen molar-refractivity contribution in [1.82, 2.24) is 15.1 Å². The lowest BCUT2D eigenvalue weighted by Gasteiger charge is -2.36. The molecule has 0 saturated carbocycles. The highest BCUT2D eigenvalue weighted by atomic mass is 16.2. The van der Waals surface area contributed by atoms with Crippen molar-refractivity contribution in [3.05, 3.63) is 29.8 Å². The molecule has 0 unspecified atom stereocenters. The van der Waals surface area contributed by atoms with Crippen LogP contribution in [0.1, 0.15) is 25.3 Å². The van der Waals surface area contributed by atoms with Gasteiger partial charge in [0.2, 0.25) is 17.7 Å². The Labute approximate surface area is 161 Å². The van der Waals surface area contributed by atoms with E-state index in [1.165, 1.54) is 4.90 Å². The number of nitrogens with zero attached hydrogens (tertiary/aromatic N) is 2. The van der Waals surface area contributed by atoms with Gasteiger partial charge in [-0.05, 0) is 51.9 Å². The molecule has 1 atom stereocenters. The largest absolute Gasteiger partial charge is 0.359 e. The molecule has 0 bridgehead atoms. The average Bonchev–Trinajstić information content (AvgIpc) is 2.68. The molecule has 0 aliphatic carbocycles. The van der Waals surface area contributed by atoms with Crippen molar-refractivity contribution in [1.29, 1.82) is 0 Å². The number of carbonyl (C=O) groups is 3. The lowest BCUT2D eigenvalue weighted by atomic mass is 9.95. The summed E-state index contributed by atoms with van der Waals surface area (Å²) in [7, 11) is 3.29. The quantitative estimate of drug-likeness (QED) is 0.785. The van der Waals surface area contributed by atoms with E-state index in [0.717, 1.165) is 24.1 Å². The van der Waals surface area contributed by atoms with E-state index in [1.54, 1.807) is 14.1 Å². The molecule has 2 rings (SSSR count). The Hall–Kier alpha value is -2.41. The summed E-state index contributed by atoms with van der Waals surface area (Å²) < 4.78 is 0. The van der Waals surface area contributed by atoms with Gasteiger partial charge in [0.25, 0.3) is 0 Å². The fraction of sp³-hybridized carbons (Fsp3) is 0.550. The second-order valence-corrected chi connectivity index (χ2v) is 7.21. The standard InChI is InChI=1S/C20H30N4O3/c1-14-5-7-17(8-6-14)22-18(25)13-23(4)20(27)15(2)24-11-9-16(10-12-24)19(26)21-3/h5-8,15-16H,9-13H2,1-4H3,(H,21,26)(H,22,25)/t15-/m0/s1. The molecule has 0 aromatic heterocycles. The fourth-order valence-electron chi connectivity index (χ4n) is 3.36. The van der Waals surface area contributed by atoms with Crippen LogP contribution in [0.5, 0.6) is 0 Å². The summed E-state index contributed by atoms with van der Waals surface area (Å²) in [6.07, 6.45) is 1.49. The smallest absolute Gasteiger partial charge is 0.243 e. The van der Waals surface area contributed by atoms with E-state index in [2.05, 4.69) is 15.5 Å². The van der Waals surface area contributed by atoms with Gasteiger partial charge in [0, 0.05) is 25.7 Å². The SMILES string of the molecule is CNC(=O)C1CCN([C@@H](C)C(=O)N(C)CC(=O)Nc2ccc(C)cc2)CC1. The van der Waals surface area contributed by atoms with Crippen LogP contribution < -0.4 is 10.6 Å². The monoisotopic (exact) mass is 374 g/mol. The molecule has 1 aromatic rings. The number of hydrogen-bond acceptors (Lipinski definition) is 4. The van der Waals surface area contributed by atoms with E-state index < -0.39 is 0 Å². The highest BCUT2D eigenvalue weighted by Crippen LogP contribution is 2.19. The van der Waals surface area contributed by atoms with Gasteiger partial charge in [-0.15, -0.1) is 0 Å². The molecule has 1 fully saturated rings. The minimum Gasteiger partial charge on any atom is -0.359 e. The van der Waals surface area contributed by atoms with Crippen molar-refractivity contribution >= 4 is 23.4 Å². The summed E-state index contributed by atoms with van der Waals surface area (Å²) in [4.78, 5) is 40.1. The van der Waals surface area contributed by atoms with E-state index in [4.69, 9.17) is 0 Å². The number of likely N-dealkylation sites (N-methyl/N-ethyl adjacent to an activating group) is 1. The van der Waals surface area contributed by atoms with E-state index >= 15 is 0 Å². The maximum Gasteiger partial charge on any atom is 0.243 e. The fourth-order valence-corrected chi connectivity index (χ4v) is 3.36. The third-order valence-corrected chi connectivity index (χ3v) is 5.14. The first-order valence-electron chi connectivity index (χ1n) is 9.39. The molecule has 0 radical (unpaired) electrons. The minimum absolute atomic E-state index is 0.00571. The maximum absolute atomic E-state index is 12.7. The topological polar surface area (TPSA) is 81.8 Å². The van der Waals surface area contributed by atoms with Gasteiger partial charge < -0.3 is 15.5 Å². The van der Waals surface area contributed by atoms with Gasteiger partial charge in [0.1, 0.15) is 0 Å². The zero-order valence-electron chi connectivity index (χ0n) is 16.6. The van der Waals surface area contributed by atoms with Crippen LogP contribution >= 0.6 is 0 Å². The molecule has 148 valence electrons. The number of amides is 3. The predicted octanol–water partition coefficient (Wildman–Crippen LogP) is 1.24. The first kappa shape index (κ1) is 20.9. The second-order valence-electron chi connectivity index (χ2n) is 7.21. The normalized spacial score (nSPS) is 16.4. The Morgan fingerprint density at radius 3 is 2.33 bits per heavy atom. The van der Waals surface area contributed by atoms with Crippen molar-refractivity contribution in [3.63, 3.8) is 0 Å². The Bertz CT molecular complexity index is 666. The predicted molar refractivity (Wildman–Crippen MR) is 105 cm³/mol. The van der Waals surface area contributed by atoms with E-state index in [1.807, 2.05) is 38.1 Å². The molecule has 1 aliphatic rings. The minimum atomic E-state index is -0.312. The number of benzene rings is 1. The Morgan fingerprint density at radius 2 is 1.78 bits per heavy atom. The molecule has 1 saturated heterocycles. The van der Waals surface area contributed by atoms with E-state index in [9.17, 15) is 14.4 Å². The number of nitrogens with one attached hydrogen (secondary N) is 2. The van der Waals surface area contributed by atoms with Gasteiger partial charge in [0.15, 0.2) is 0 Å². The first-order chi connectivity index (χ1) is 12.8. The lowest BCUT2D eigenvalue weighted by Crippen LogP contribution is -2.51. The number of likely N-dealkylation sites (tertiary alicyclic amines) is 1. The third-order valence-electron chi connectivity index (χ3n) is 5.14. The number of carbonyl (C=O) groups excluding carboxylic acids is 3. The molecular formula is C20H30N4O3. The van der Waals surface area contributed by atoms with Gasteiger partial charge in [0.05, 0.1) is 12.6 Å². The van der Waals surface area contributed by atoms with Crippen LogP contribution in [0.3, 0.4) is 0 Å². The van der Waals surface area contributed by atoms with Crippen molar-refractivity contribution < 1.29 is 14.4 Å². The number of aryl methyl sites for hydroxylation is 1. The second kappa shape index (κ2) is 9.50. The number of anilines is 1. The summed E-state index contributed by atoms with van der Waals surface area (Å²) in [5, 5.41) is 5.49. The van der Waals surface area contributed by atoms with Crippen molar-refractivity contribution in [2.45, 2.75) is 32.7 Å².